The summed E-state index contributed by atoms with van der Waals surface area (Å²) in [5, 5.41) is 6.80. The molecule has 2 rings (SSSR count). The fraction of sp³-hybridized carbons (Fsp3) is 0.684. The van der Waals surface area contributed by atoms with E-state index in [1.54, 1.807) is 0 Å². The number of aromatic nitrogens is 1. The third kappa shape index (κ3) is 6.38. The number of anilines is 1. The maximum absolute atomic E-state index is 4.70. The highest BCUT2D eigenvalue weighted by atomic mass is 15.2. The van der Waals surface area contributed by atoms with Crippen molar-refractivity contribution in [3.63, 3.8) is 0 Å². The molecule has 1 fully saturated rings. The second-order valence-electron chi connectivity index (χ2n) is 6.83. The first kappa shape index (κ1) is 18.6. The molecule has 5 nitrogen and oxygen atoms in total. The summed E-state index contributed by atoms with van der Waals surface area (Å²) in [6, 6.07) is 4.12. The summed E-state index contributed by atoms with van der Waals surface area (Å²) in [7, 11) is 4.01. The summed E-state index contributed by atoms with van der Waals surface area (Å²) in [6.07, 6.45) is 10.2. The van der Waals surface area contributed by atoms with E-state index < -0.39 is 0 Å². The Morgan fingerprint density at radius 2 is 2.08 bits per heavy atom. The van der Waals surface area contributed by atoms with Gasteiger partial charge in [0, 0.05) is 33.4 Å². The van der Waals surface area contributed by atoms with Crippen LogP contribution in [-0.2, 0) is 6.54 Å². The topological polar surface area (TPSA) is 52.6 Å². The molecule has 0 amide bonds. The lowest BCUT2D eigenvalue weighted by Gasteiger charge is -2.14. The Balaban J connectivity index is 1.79. The number of hydrogen-bond donors (Lipinski definition) is 2. The van der Waals surface area contributed by atoms with E-state index in [0.717, 1.165) is 30.8 Å². The van der Waals surface area contributed by atoms with Crippen LogP contribution in [0.4, 0.5) is 5.82 Å². The monoisotopic (exact) mass is 331 g/mol. The third-order valence-electron chi connectivity index (χ3n) is 4.59. The maximum Gasteiger partial charge on any atom is 0.191 e. The molecule has 24 heavy (non-hydrogen) atoms. The number of pyridine rings is 1. The average Bonchev–Trinajstić information content (AvgIpc) is 3.10. The highest BCUT2D eigenvalue weighted by molar-refractivity contribution is 5.79. The van der Waals surface area contributed by atoms with Crippen LogP contribution in [0.25, 0.3) is 0 Å². The molecule has 0 aromatic carbocycles. The van der Waals surface area contributed by atoms with Crippen LogP contribution in [0.2, 0.25) is 0 Å². The van der Waals surface area contributed by atoms with E-state index in [2.05, 4.69) is 28.6 Å². The number of nitrogens with zero attached hydrogens (tertiary/aromatic N) is 3. The smallest absolute Gasteiger partial charge is 0.191 e. The van der Waals surface area contributed by atoms with Gasteiger partial charge in [-0.1, -0.05) is 25.7 Å². The van der Waals surface area contributed by atoms with Gasteiger partial charge in [0.1, 0.15) is 5.82 Å². The molecule has 0 aliphatic heterocycles. The van der Waals surface area contributed by atoms with Gasteiger partial charge in [-0.15, -0.1) is 0 Å². The Kier molecular flexibility index (Phi) is 7.86. The van der Waals surface area contributed by atoms with Gasteiger partial charge in [-0.05, 0) is 43.4 Å². The van der Waals surface area contributed by atoms with Crippen LogP contribution in [0, 0.1) is 5.92 Å². The van der Waals surface area contributed by atoms with Crippen molar-refractivity contribution in [2.45, 2.75) is 52.0 Å². The summed E-state index contributed by atoms with van der Waals surface area (Å²) < 4.78 is 0. The van der Waals surface area contributed by atoms with Crippen LogP contribution >= 0.6 is 0 Å². The van der Waals surface area contributed by atoms with Gasteiger partial charge in [-0.3, -0.25) is 0 Å². The lowest BCUT2D eigenvalue weighted by Crippen LogP contribution is -2.37. The van der Waals surface area contributed by atoms with E-state index in [1.807, 2.05) is 31.3 Å². The van der Waals surface area contributed by atoms with Crippen LogP contribution in [0.3, 0.4) is 0 Å². The van der Waals surface area contributed by atoms with Crippen molar-refractivity contribution < 1.29 is 0 Å². The van der Waals surface area contributed by atoms with Crippen LogP contribution in [0.1, 0.15) is 51.0 Å². The minimum absolute atomic E-state index is 0.668. The minimum atomic E-state index is 0.668. The van der Waals surface area contributed by atoms with Crippen LogP contribution in [-0.4, -0.2) is 38.1 Å². The lowest BCUT2D eigenvalue weighted by molar-refractivity contribution is 0.481. The van der Waals surface area contributed by atoms with Gasteiger partial charge in [0.2, 0.25) is 0 Å². The van der Waals surface area contributed by atoms with E-state index in [1.165, 1.54) is 44.1 Å². The van der Waals surface area contributed by atoms with Crippen molar-refractivity contribution in [3.8, 4) is 0 Å². The molecule has 0 saturated heterocycles. The number of aliphatic imine (C=N–C) groups is 1. The predicted molar refractivity (Wildman–Crippen MR) is 103 cm³/mol. The van der Waals surface area contributed by atoms with Crippen LogP contribution in [0.15, 0.2) is 23.3 Å². The quantitative estimate of drug-likeness (QED) is 0.436. The van der Waals surface area contributed by atoms with Crippen molar-refractivity contribution in [1.29, 1.82) is 0 Å². The Labute approximate surface area is 147 Å². The molecule has 134 valence electrons. The highest BCUT2D eigenvalue weighted by Crippen LogP contribution is 2.28. The normalized spacial score (nSPS) is 15.5. The standard InChI is InChI=1S/C19H33N5/c1-4-20-19(22-12-7-10-16-8-5-6-9-16)23-15-17-11-13-21-18(14-17)24(2)3/h11,13-14,16H,4-10,12,15H2,1-3H3,(H2,20,22,23). The van der Waals surface area contributed by atoms with E-state index in [0.29, 0.717) is 6.54 Å². The number of hydrogen-bond acceptors (Lipinski definition) is 3. The molecule has 1 saturated carbocycles. The largest absolute Gasteiger partial charge is 0.363 e. The van der Waals surface area contributed by atoms with Gasteiger partial charge in [0.05, 0.1) is 6.54 Å². The van der Waals surface area contributed by atoms with Gasteiger partial charge in [0.25, 0.3) is 0 Å². The average molecular weight is 332 g/mol. The Morgan fingerprint density at radius 1 is 1.29 bits per heavy atom. The molecular formula is C19H33N5. The first-order valence-electron chi connectivity index (χ1n) is 9.33. The van der Waals surface area contributed by atoms with E-state index >= 15 is 0 Å². The first-order chi connectivity index (χ1) is 11.7. The zero-order chi connectivity index (χ0) is 17.2. The van der Waals surface area contributed by atoms with Crippen LogP contribution < -0.4 is 15.5 Å². The van der Waals surface area contributed by atoms with Crippen LogP contribution in [0.5, 0.6) is 0 Å². The lowest BCUT2D eigenvalue weighted by atomic mass is 10.0. The summed E-state index contributed by atoms with van der Waals surface area (Å²) in [5.41, 5.74) is 1.18. The molecule has 5 heteroatoms. The minimum Gasteiger partial charge on any atom is -0.363 e. The molecule has 1 aromatic heterocycles. The zero-order valence-corrected chi connectivity index (χ0v) is 15.5. The molecule has 0 radical (unpaired) electrons. The molecule has 2 N–H and O–H groups in total. The van der Waals surface area contributed by atoms with Crippen molar-refractivity contribution in [2.24, 2.45) is 10.9 Å². The van der Waals surface area contributed by atoms with Crippen molar-refractivity contribution in [3.05, 3.63) is 23.9 Å². The van der Waals surface area contributed by atoms with E-state index in [4.69, 9.17) is 4.99 Å². The molecular weight excluding hydrogens is 298 g/mol. The van der Waals surface area contributed by atoms with E-state index in [-0.39, 0.29) is 0 Å². The molecule has 1 aliphatic rings. The van der Waals surface area contributed by atoms with Gasteiger partial charge < -0.3 is 15.5 Å². The SMILES string of the molecule is CCNC(=NCc1ccnc(N(C)C)c1)NCCCC1CCCC1. The zero-order valence-electron chi connectivity index (χ0n) is 15.5. The summed E-state index contributed by atoms with van der Waals surface area (Å²) in [4.78, 5) is 11.1. The molecule has 0 unspecified atom stereocenters. The molecule has 1 aromatic rings. The molecule has 0 atom stereocenters. The summed E-state index contributed by atoms with van der Waals surface area (Å²) in [6.45, 7) is 4.66. The highest BCUT2D eigenvalue weighted by Gasteiger charge is 2.13. The molecule has 0 bridgehead atoms. The Morgan fingerprint density at radius 3 is 2.79 bits per heavy atom. The van der Waals surface area contributed by atoms with E-state index in [9.17, 15) is 0 Å². The Bertz CT molecular complexity index is 506. The number of guanidine groups is 1. The maximum atomic E-state index is 4.70. The fourth-order valence-electron chi connectivity index (χ4n) is 3.21. The van der Waals surface area contributed by atoms with Gasteiger partial charge in [-0.25, -0.2) is 9.98 Å². The van der Waals surface area contributed by atoms with Crippen molar-refractivity contribution in [2.75, 3.05) is 32.1 Å². The first-order valence-corrected chi connectivity index (χ1v) is 9.33. The summed E-state index contributed by atoms with van der Waals surface area (Å²) in [5.74, 6) is 2.84. The fourth-order valence-corrected chi connectivity index (χ4v) is 3.21. The predicted octanol–water partition coefficient (Wildman–Crippen LogP) is 3.17. The van der Waals surface area contributed by atoms with Gasteiger partial charge >= 0.3 is 0 Å². The van der Waals surface area contributed by atoms with Gasteiger partial charge in [-0.2, -0.15) is 0 Å². The third-order valence-corrected chi connectivity index (χ3v) is 4.59. The molecule has 1 heterocycles. The number of nitrogens with one attached hydrogen (secondary N) is 2. The molecule has 1 aliphatic carbocycles. The molecule has 0 spiro atoms. The number of rotatable bonds is 8. The van der Waals surface area contributed by atoms with Crippen molar-refractivity contribution in [1.82, 2.24) is 15.6 Å². The van der Waals surface area contributed by atoms with Gasteiger partial charge in [0.15, 0.2) is 5.96 Å². The second kappa shape index (κ2) is 10.2. The second-order valence-corrected chi connectivity index (χ2v) is 6.83. The summed E-state index contributed by atoms with van der Waals surface area (Å²) >= 11 is 0. The van der Waals surface area contributed by atoms with Crippen molar-refractivity contribution >= 4 is 11.8 Å². The Hall–Kier alpha value is -1.78.